The van der Waals surface area contributed by atoms with Gasteiger partial charge >= 0.3 is 0 Å². The lowest BCUT2D eigenvalue weighted by Crippen LogP contribution is -2.38. The van der Waals surface area contributed by atoms with Crippen LogP contribution >= 0.6 is 15.9 Å². The van der Waals surface area contributed by atoms with Crippen molar-refractivity contribution in [2.24, 2.45) is 5.73 Å². The molecule has 0 heterocycles. The lowest BCUT2D eigenvalue weighted by atomic mass is 9.68. The van der Waals surface area contributed by atoms with Crippen LogP contribution in [0.2, 0.25) is 0 Å². The summed E-state index contributed by atoms with van der Waals surface area (Å²) in [5.41, 5.74) is 8.02. The molecule has 19 heavy (non-hydrogen) atoms. The second kappa shape index (κ2) is 5.71. The third-order valence-electron chi connectivity index (χ3n) is 4.41. The molecular weight excluding hydrogens is 306 g/mol. The molecule has 0 saturated heterocycles. The average molecular weight is 328 g/mol. The zero-order chi connectivity index (χ0) is 14.0. The molecule has 0 spiro atoms. The fraction of sp³-hybridized carbons (Fsp3) is 0.600. The van der Waals surface area contributed by atoms with Crippen LogP contribution in [0.1, 0.15) is 43.2 Å². The second-order valence-corrected chi connectivity index (χ2v) is 6.31. The van der Waals surface area contributed by atoms with Crippen LogP contribution in [0.3, 0.4) is 0 Å². The molecule has 106 valence electrons. The van der Waals surface area contributed by atoms with Gasteiger partial charge in [-0.15, -0.1) is 0 Å². The number of hydrogen-bond acceptors (Lipinski definition) is 3. The maximum absolute atomic E-state index is 10.5. The number of ether oxygens (including phenoxy) is 1. The van der Waals surface area contributed by atoms with Crippen LogP contribution in [-0.2, 0) is 5.41 Å². The van der Waals surface area contributed by atoms with Crippen molar-refractivity contribution in [3.05, 3.63) is 21.7 Å². The number of phenols is 1. The van der Waals surface area contributed by atoms with Crippen molar-refractivity contribution in [1.82, 2.24) is 0 Å². The molecule has 1 aliphatic carbocycles. The molecule has 1 aliphatic rings. The molecule has 3 N–H and O–H groups in total. The Morgan fingerprint density at radius 2 is 2.00 bits per heavy atom. The maximum Gasteiger partial charge on any atom is 0.161 e. The summed E-state index contributed by atoms with van der Waals surface area (Å²) in [7, 11) is 1.58. The van der Waals surface area contributed by atoms with E-state index in [2.05, 4.69) is 15.9 Å². The van der Waals surface area contributed by atoms with Crippen LogP contribution in [-0.4, -0.2) is 18.8 Å². The van der Waals surface area contributed by atoms with Crippen molar-refractivity contribution in [2.45, 2.75) is 44.4 Å². The van der Waals surface area contributed by atoms with Gasteiger partial charge in [0.15, 0.2) is 11.5 Å². The van der Waals surface area contributed by atoms with Gasteiger partial charge in [0.2, 0.25) is 0 Å². The molecule has 0 aliphatic heterocycles. The lowest BCUT2D eigenvalue weighted by molar-refractivity contribution is 0.284. The fourth-order valence-electron chi connectivity index (χ4n) is 3.30. The molecule has 0 amide bonds. The van der Waals surface area contributed by atoms with E-state index in [0.29, 0.717) is 12.3 Å². The minimum absolute atomic E-state index is 0.108. The highest BCUT2D eigenvalue weighted by Crippen LogP contribution is 2.48. The van der Waals surface area contributed by atoms with E-state index < -0.39 is 0 Å². The Hall–Kier alpha value is -0.740. The number of rotatable bonds is 3. The van der Waals surface area contributed by atoms with E-state index in [1.165, 1.54) is 19.3 Å². The normalized spacial score (nSPS) is 18.3. The summed E-state index contributed by atoms with van der Waals surface area (Å²) in [5.74, 6) is 0.779. The molecule has 1 aromatic rings. The smallest absolute Gasteiger partial charge is 0.161 e. The quantitative estimate of drug-likeness (QED) is 0.891. The number of methoxy groups -OCH3 is 1. The van der Waals surface area contributed by atoms with Crippen molar-refractivity contribution in [3.63, 3.8) is 0 Å². The Kier molecular flexibility index (Phi) is 4.41. The van der Waals surface area contributed by atoms with Gasteiger partial charge in [0, 0.05) is 22.0 Å². The van der Waals surface area contributed by atoms with E-state index in [1.807, 2.05) is 13.0 Å². The van der Waals surface area contributed by atoms with Crippen LogP contribution in [0.5, 0.6) is 11.5 Å². The van der Waals surface area contributed by atoms with E-state index in [-0.39, 0.29) is 11.2 Å². The maximum atomic E-state index is 10.5. The first-order valence-corrected chi connectivity index (χ1v) is 7.61. The molecule has 0 bridgehead atoms. The number of phenolic OH excluding ortho intramolecular Hbond substituents is 1. The molecule has 3 nitrogen and oxygen atoms in total. The molecule has 0 unspecified atom stereocenters. The van der Waals surface area contributed by atoms with Gasteiger partial charge in [-0.25, -0.2) is 0 Å². The Labute approximate surface area is 123 Å². The SMILES string of the molecule is COc1cc(Br)c(C)c(C2(CN)CCCCC2)c1O. The summed E-state index contributed by atoms with van der Waals surface area (Å²) in [6, 6.07) is 1.82. The van der Waals surface area contributed by atoms with Crippen LogP contribution in [0.25, 0.3) is 0 Å². The van der Waals surface area contributed by atoms with Crippen LogP contribution in [0.4, 0.5) is 0 Å². The van der Waals surface area contributed by atoms with Crippen LogP contribution < -0.4 is 10.5 Å². The van der Waals surface area contributed by atoms with Gasteiger partial charge in [0.25, 0.3) is 0 Å². The Balaban J connectivity index is 2.62. The third-order valence-corrected chi connectivity index (χ3v) is 5.24. The molecule has 0 aromatic heterocycles. The highest BCUT2D eigenvalue weighted by Gasteiger charge is 2.37. The zero-order valence-corrected chi connectivity index (χ0v) is 13.2. The Morgan fingerprint density at radius 1 is 1.37 bits per heavy atom. The van der Waals surface area contributed by atoms with E-state index >= 15 is 0 Å². The van der Waals surface area contributed by atoms with Crippen LogP contribution in [0, 0.1) is 6.92 Å². The topological polar surface area (TPSA) is 55.5 Å². The first-order chi connectivity index (χ1) is 9.05. The lowest BCUT2D eigenvalue weighted by Gasteiger charge is -2.38. The second-order valence-electron chi connectivity index (χ2n) is 5.45. The first-order valence-electron chi connectivity index (χ1n) is 6.82. The van der Waals surface area contributed by atoms with E-state index in [4.69, 9.17) is 10.5 Å². The monoisotopic (exact) mass is 327 g/mol. The first kappa shape index (κ1) is 14.7. The minimum Gasteiger partial charge on any atom is -0.504 e. The molecule has 2 rings (SSSR count). The summed E-state index contributed by atoms with van der Waals surface area (Å²) < 4.78 is 6.25. The standard InChI is InChI=1S/C15H22BrNO2/c1-10-11(16)8-12(19-2)14(18)13(10)15(9-17)6-4-3-5-7-15/h8,18H,3-7,9,17H2,1-2H3. The van der Waals surface area contributed by atoms with Gasteiger partial charge in [0.05, 0.1) is 7.11 Å². The summed E-state index contributed by atoms with van der Waals surface area (Å²) >= 11 is 3.56. The number of hydrogen-bond donors (Lipinski definition) is 2. The van der Waals surface area contributed by atoms with Gasteiger partial charge in [0.1, 0.15) is 0 Å². The van der Waals surface area contributed by atoms with Crippen molar-refractivity contribution in [3.8, 4) is 11.5 Å². The van der Waals surface area contributed by atoms with Crippen LogP contribution in [0.15, 0.2) is 10.5 Å². The Morgan fingerprint density at radius 3 is 2.53 bits per heavy atom. The average Bonchev–Trinajstić information content (AvgIpc) is 2.44. The molecule has 1 fully saturated rings. The molecule has 0 atom stereocenters. The van der Waals surface area contributed by atoms with Crippen molar-refractivity contribution >= 4 is 15.9 Å². The number of aromatic hydroxyl groups is 1. The highest BCUT2D eigenvalue weighted by atomic mass is 79.9. The van der Waals surface area contributed by atoms with Gasteiger partial charge in [-0.2, -0.15) is 0 Å². The molecule has 1 saturated carbocycles. The number of nitrogens with two attached hydrogens (primary N) is 1. The van der Waals surface area contributed by atoms with Crippen molar-refractivity contribution < 1.29 is 9.84 Å². The van der Waals surface area contributed by atoms with E-state index in [0.717, 1.165) is 28.4 Å². The van der Waals surface area contributed by atoms with Gasteiger partial charge < -0.3 is 15.6 Å². The van der Waals surface area contributed by atoms with Gasteiger partial charge in [-0.3, -0.25) is 0 Å². The van der Waals surface area contributed by atoms with Crippen molar-refractivity contribution in [2.75, 3.05) is 13.7 Å². The number of halogens is 1. The summed E-state index contributed by atoms with van der Waals surface area (Å²) in [5, 5.41) is 10.5. The summed E-state index contributed by atoms with van der Waals surface area (Å²) in [6.45, 7) is 2.60. The zero-order valence-electron chi connectivity index (χ0n) is 11.6. The third kappa shape index (κ3) is 2.48. The van der Waals surface area contributed by atoms with E-state index in [9.17, 15) is 5.11 Å². The Bertz CT molecular complexity index is 468. The molecule has 1 aromatic carbocycles. The predicted molar refractivity (Wildman–Crippen MR) is 80.9 cm³/mol. The summed E-state index contributed by atoms with van der Waals surface area (Å²) in [4.78, 5) is 0. The number of benzene rings is 1. The largest absolute Gasteiger partial charge is 0.504 e. The van der Waals surface area contributed by atoms with E-state index in [1.54, 1.807) is 7.11 Å². The van der Waals surface area contributed by atoms with Gasteiger partial charge in [-0.05, 0) is 31.4 Å². The van der Waals surface area contributed by atoms with Crippen molar-refractivity contribution in [1.29, 1.82) is 0 Å². The summed E-state index contributed by atoms with van der Waals surface area (Å²) in [6.07, 6.45) is 5.68. The molecule has 0 radical (unpaired) electrons. The minimum atomic E-state index is -0.108. The molecular formula is C15H22BrNO2. The highest BCUT2D eigenvalue weighted by molar-refractivity contribution is 9.10. The molecule has 4 heteroatoms. The fourth-order valence-corrected chi connectivity index (χ4v) is 3.71. The van der Waals surface area contributed by atoms with Gasteiger partial charge in [-0.1, -0.05) is 35.2 Å². The predicted octanol–water partition coefficient (Wildman–Crippen LogP) is 3.63.